The highest BCUT2D eigenvalue weighted by molar-refractivity contribution is 5.35. The first-order valence-electron chi connectivity index (χ1n) is 3.79. The Morgan fingerprint density at radius 1 is 1.64 bits per heavy atom. The molecule has 0 aliphatic heterocycles. The van der Waals surface area contributed by atoms with E-state index in [1.807, 2.05) is 4.98 Å². The van der Waals surface area contributed by atoms with Gasteiger partial charge in [0.25, 0.3) is 12.0 Å². The average Bonchev–Trinajstić information content (AvgIpc) is 2.16. The fourth-order valence-electron chi connectivity index (χ4n) is 1.11. The highest BCUT2D eigenvalue weighted by Crippen LogP contribution is 2.26. The minimum Gasteiger partial charge on any atom is -0.496 e. The minimum atomic E-state index is -2.85. The van der Waals surface area contributed by atoms with Crippen LogP contribution in [0, 0.1) is 0 Å². The molecule has 1 aromatic rings. The van der Waals surface area contributed by atoms with E-state index < -0.39 is 24.3 Å². The second-order valence-electron chi connectivity index (χ2n) is 2.55. The Bertz CT molecular complexity index is 375. The number of aliphatic hydroxyl groups is 1. The zero-order valence-corrected chi connectivity index (χ0v) is 7.38. The van der Waals surface area contributed by atoms with Crippen LogP contribution in [0.25, 0.3) is 0 Å². The van der Waals surface area contributed by atoms with Crippen LogP contribution in [-0.2, 0) is 6.61 Å². The van der Waals surface area contributed by atoms with E-state index in [0.29, 0.717) is 0 Å². The number of ether oxygens (including phenoxy) is 1. The molecule has 0 atom stereocenters. The zero-order valence-electron chi connectivity index (χ0n) is 7.38. The maximum absolute atomic E-state index is 12.4. The van der Waals surface area contributed by atoms with Crippen LogP contribution >= 0.6 is 0 Å². The first-order valence-corrected chi connectivity index (χ1v) is 3.79. The first-order chi connectivity index (χ1) is 6.60. The Morgan fingerprint density at radius 3 is 2.71 bits per heavy atom. The van der Waals surface area contributed by atoms with Crippen molar-refractivity contribution in [3.05, 3.63) is 27.7 Å². The van der Waals surface area contributed by atoms with Crippen LogP contribution < -0.4 is 10.3 Å². The smallest absolute Gasteiger partial charge is 0.278 e. The van der Waals surface area contributed by atoms with Gasteiger partial charge in [-0.1, -0.05) is 0 Å². The van der Waals surface area contributed by atoms with Gasteiger partial charge < -0.3 is 14.8 Å². The summed E-state index contributed by atoms with van der Waals surface area (Å²) < 4.78 is 29.4. The van der Waals surface area contributed by atoms with Crippen LogP contribution in [-0.4, -0.2) is 17.2 Å². The number of methoxy groups -OCH3 is 1. The normalized spacial score (nSPS) is 10.6. The van der Waals surface area contributed by atoms with Crippen molar-refractivity contribution in [2.45, 2.75) is 13.0 Å². The standard InChI is InChI=1S/C8H9F2NO3/c1-14-5-2-6(13)11-7(8(9)10)4(5)3-12/h2,8,12H,3H2,1H3,(H,11,13). The molecule has 0 aliphatic carbocycles. The molecule has 14 heavy (non-hydrogen) atoms. The number of rotatable bonds is 3. The Labute approximate surface area is 78.1 Å². The van der Waals surface area contributed by atoms with E-state index in [9.17, 15) is 13.6 Å². The summed E-state index contributed by atoms with van der Waals surface area (Å²) >= 11 is 0. The number of hydrogen-bond acceptors (Lipinski definition) is 3. The fraction of sp³-hybridized carbons (Fsp3) is 0.375. The summed E-state index contributed by atoms with van der Waals surface area (Å²) in [6.07, 6.45) is -2.85. The molecule has 1 aromatic heterocycles. The molecule has 0 radical (unpaired) electrons. The lowest BCUT2D eigenvalue weighted by Crippen LogP contribution is -2.13. The van der Waals surface area contributed by atoms with Crippen LogP contribution in [0.3, 0.4) is 0 Å². The molecule has 0 saturated carbocycles. The SMILES string of the molecule is COc1cc(=O)[nH]c(C(F)F)c1CO. The molecule has 0 amide bonds. The molecule has 78 valence electrons. The molecule has 4 nitrogen and oxygen atoms in total. The van der Waals surface area contributed by atoms with E-state index >= 15 is 0 Å². The summed E-state index contributed by atoms with van der Waals surface area (Å²) in [4.78, 5) is 12.8. The average molecular weight is 205 g/mol. The number of aromatic amines is 1. The summed E-state index contributed by atoms with van der Waals surface area (Å²) in [5.74, 6) is -0.0356. The fourth-order valence-corrected chi connectivity index (χ4v) is 1.11. The maximum atomic E-state index is 12.4. The van der Waals surface area contributed by atoms with Gasteiger partial charge in [-0.15, -0.1) is 0 Å². The van der Waals surface area contributed by atoms with Crippen LogP contribution in [0.15, 0.2) is 10.9 Å². The molecule has 0 unspecified atom stereocenters. The third kappa shape index (κ3) is 1.90. The second-order valence-corrected chi connectivity index (χ2v) is 2.55. The highest BCUT2D eigenvalue weighted by Gasteiger charge is 2.17. The zero-order chi connectivity index (χ0) is 10.7. The van der Waals surface area contributed by atoms with E-state index in [-0.39, 0.29) is 11.3 Å². The van der Waals surface area contributed by atoms with E-state index in [4.69, 9.17) is 9.84 Å². The van der Waals surface area contributed by atoms with Crippen LogP contribution in [0.5, 0.6) is 5.75 Å². The van der Waals surface area contributed by atoms with Crippen molar-refractivity contribution in [3.63, 3.8) is 0 Å². The molecule has 0 bridgehead atoms. The van der Waals surface area contributed by atoms with Crippen molar-refractivity contribution in [3.8, 4) is 5.75 Å². The number of pyridine rings is 1. The Balaban J connectivity index is 3.39. The van der Waals surface area contributed by atoms with Gasteiger partial charge in [0.15, 0.2) is 0 Å². The lowest BCUT2D eigenvalue weighted by atomic mass is 10.2. The van der Waals surface area contributed by atoms with Crippen molar-refractivity contribution in [2.24, 2.45) is 0 Å². The van der Waals surface area contributed by atoms with Gasteiger partial charge in [-0.3, -0.25) is 4.79 Å². The molecule has 0 spiro atoms. The molecule has 0 aromatic carbocycles. The summed E-state index contributed by atoms with van der Waals surface area (Å²) in [5.41, 5.74) is -1.38. The summed E-state index contributed by atoms with van der Waals surface area (Å²) in [7, 11) is 1.24. The number of nitrogens with one attached hydrogen (secondary N) is 1. The Kier molecular flexibility index (Phi) is 3.19. The van der Waals surface area contributed by atoms with E-state index in [0.717, 1.165) is 6.07 Å². The quantitative estimate of drug-likeness (QED) is 0.767. The molecule has 0 aliphatic rings. The number of H-pyrrole nitrogens is 1. The Morgan fingerprint density at radius 2 is 2.29 bits per heavy atom. The van der Waals surface area contributed by atoms with Crippen molar-refractivity contribution in [2.75, 3.05) is 7.11 Å². The molecular formula is C8H9F2NO3. The molecular weight excluding hydrogens is 196 g/mol. The predicted octanol–water partition coefficient (Wildman–Crippen LogP) is 0.813. The molecule has 6 heteroatoms. The summed E-state index contributed by atoms with van der Waals surface area (Å²) in [5, 5.41) is 8.83. The van der Waals surface area contributed by atoms with Gasteiger partial charge in [-0.25, -0.2) is 8.78 Å². The second kappa shape index (κ2) is 4.19. The van der Waals surface area contributed by atoms with Crippen molar-refractivity contribution >= 4 is 0 Å². The number of aliphatic hydroxyl groups excluding tert-OH is 1. The van der Waals surface area contributed by atoms with Gasteiger partial charge in [0.1, 0.15) is 5.75 Å². The van der Waals surface area contributed by atoms with Gasteiger partial charge in [0.05, 0.1) is 19.4 Å². The summed E-state index contributed by atoms with van der Waals surface area (Å²) in [6.45, 7) is -0.611. The molecule has 1 heterocycles. The maximum Gasteiger partial charge on any atom is 0.278 e. The van der Waals surface area contributed by atoms with Gasteiger partial charge in [-0.05, 0) is 0 Å². The molecule has 1 rings (SSSR count). The largest absolute Gasteiger partial charge is 0.496 e. The van der Waals surface area contributed by atoms with Gasteiger partial charge in [0.2, 0.25) is 0 Å². The summed E-state index contributed by atoms with van der Waals surface area (Å²) in [6, 6.07) is 1.01. The van der Waals surface area contributed by atoms with Crippen molar-refractivity contribution in [1.29, 1.82) is 0 Å². The third-order valence-electron chi connectivity index (χ3n) is 1.74. The highest BCUT2D eigenvalue weighted by atomic mass is 19.3. The Hall–Kier alpha value is -1.43. The van der Waals surface area contributed by atoms with E-state index in [2.05, 4.69) is 0 Å². The molecule has 2 N–H and O–H groups in total. The number of halogens is 2. The van der Waals surface area contributed by atoms with E-state index in [1.54, 1.807) is 0 Å². The predicted molar refractivity (Wildman–Crippen MR) is 44.5 cm³/mol. The van der Waals surface area contributed by atoms with Gasteiger partial charge >= 0.3 is 0 Å². The van der Waals surface area contributed by atoms with Crippen LogP contribution in [0.4, 0.5) is 8.78 Å². The molecule has 0 saturated heterocycles. The van der Waals surface area contributed by atoms with Crippen LogP contribution in [0.1, 0.15) is 17.7 Å². The molecule has 0 fully saturated rings. The number of hydrogen-bond donors (Lipinski definition) is 2. The number of alkyl halides is 2. The number of aromatic nitrogens is 1. The first kappa shape index (κ1) is 10.6. The van der Waals surface area contributed by atoms with Crippen molar-refractivity contribution < 1.29 is 18.6 Å². The lowest BCUT2D eigenvalue weighted by Gasteiger charge is -2.10. The van der Waals surface area contributed by atoms with Crippen molar-refractivity contribution in [1.82, 2.24) is 4.98 Å². The van der Waals surface area contributed by atoms with Crippen LogP contribution in [0.2, 0.25) is 0 Å². The minimum absolute atomic E-state index is 0.0356. The van der Waals surface area contributed by atoms with E-state index in [1.165, 1.54) is 7.11 Å². The monoisotopic (exact) mass is 205 g/mol. The third-order valence-corrected chi connectivity index (χ3v) is 1.74. The lowest BCUT2D eigenvalue weighted by molar-refractivity contribution is 0.140. The topological polar surface area (TPSA) is 62.3 Å². The van der Waals surface area contributed by atoms with Gasteiger partial charge in [0, 0.05) is 11.6 Å². The van der Waals surface area contributed by atoms with Gasteiger partial charge in [-0.2, -0.15) is 0 Å².